The van der Waals surface area contributed by atoms with Crippen LogP contribution < -0.4 is 10.6 Å². The highest BCUT2D eigenvalue weighted by atomic mass is 32.1. The number of nitrogens with zero attached hydrogens (tertiary/aromatic N) is 3. The summed E-state index contributed by atoms with van der Waals surface area (Å²) in [4.78, 5) is 35.3. The highest BCUT2D eigenvalue weighted by Crippen LogP contribution is 2.26. The lowest BCUT2D eigenvalue weighted by atomic mass is 10.1. The van der Waals surface area contributed by atoms with Crippen LogP contribution in [0.5, 0.6) is 0 Å². The van der Waals surface area contributed by atoms with Crippen molar-refractivity contribution >= 4 is 34.3 Å². The van der Waals surface area contributed by atoms with Gasteiger partial charge < -0.3 is 4.90 Å². The van der Waals surface area contributed by atoms with E-state index < -0.39 is 17.8 Å². The fourth-order valence-corrected chi connectivity index (χ4v) is 2.83. The Balaban J connectivity index is 1.88. The summed E-state index contributed by atoms with van der Waals surface area (Å²) in [7, 11) is 0. The van der Waals surface area contributed by atoms with Crippen LogP contribution in [0.2, 0.25) is 0 Å². The summed E-state index contributed by atoms with van der Waals surface area (Å²) in [5, 5.41) is 14.0. The van der Waals surface area contributed by atoms with Crippen LogP contribution in [0.1, 0.15) is 37.6 Å². The van der Waals surface area contributed by atoms with Gasteiger partial charge in [0.05, 0.1) is 0 Å². The highest BCUT2D eigenvalue weighted by Gasteiger charge is 2.28. The van der Waals surface area contributed by atoms with Crippen LogP contribution in [0.15, 0.2) is 0 Å². The van der Waals surface area contributed by atoms with E-state index in [9.17, 15) is 14.4 Å². The van der Waals surface area contributed by atoms with Crippen molar-refractivity contribution < 1.29 is 14.4 Å². The molecule has 1 aliphatic rings. The lowest BCUT2D eigenvalue weighted by Gasteiger charge is -2.11. The van der Waals surface area contributed by atoms with Gasteiger partial charge in [-0.2, -0.15) is 0 Å². The van der Waals surface area contributed by atoms with Crippen molar-refractivity contribution in [3.63, 3.8) is 0 Å². The van der Waals surface area contributed by atoms with E-state index in [0.29, 0.717) is 11.0 Å². The van der Waals surface area contributed by atoms with Crippen molar-refractivity contribution in [2.75, 3.05) is 18.4 Å². The fourth-order valence-electron chi connectivity index (χ4n) is 1.98. The molecule has 21 heavy (non-hydrogen) atoms. The second kappa shape index (κ2) is 6.61. The van der Waals surface area contributed by atoms with E-state index >= 15 is 0 Å². The number of imide groups is 1. The van der Waals surface area contributed by atoms with Gasteiger partial charge in [-0.15, -0.1) is 10.2 Å². The smallest absolute Gasteiger partial charge is 0.306 e. The van der Waals surface area contributed by atoms with Crippen molar-refractivity contribution in [3.05, 3.63) is 5.01 Å². The lowest BCUT2D eigenvalue weighted by molar-refractivity contribution is -0.119. The first kappa shape index (κ1) is 15.4. The molecule has 1 aliphatic heterocycles. The molecule has 9 heteroatoms. The molecular formula is C12H17N5O3S. The third-order valence-electron chi connectivity index (χ3n) is 3.03. The number of carbonyl (C=O) groups is 3. The van der Waals surface area contributed by atoms with E-state index in [1.165, 1.54) is 11.3 Å². The number of nitrogens with one attached hydrogen (secondary N) is 2. The summed E-state index contributed by atoms with van der Waals surface area (Å²) < 4.78 is 0. The van der Waals surface area contributed by atoms with Gasteiger partial charge in [-0.25, -0.2) is 4.79 Å². The second-order valence-corrected chi connectivity index (χ2v) is 5.90. The van der Waals surface area contributed by atoms with E-state index in [0.717, 1.165) is 22.7 Å². The Morgan fingerprint density at radius 2 is 2.24 bits per heavy atom. The summed E-state index contributed by atoms with van der Waals surface area (Å²) in [5.74, 6) is -0.495. The maximum absolute atomic E-state index is 11.8. The zero-order valence-electron chi connectivity index (χ0n) is 11.9. The average molecular weight is 311 g/mol. The van der Waals surface area contributed by atoms with Gasteiger partial charge in [0.2, 0.25) is 16.9 Å². The number of aromatic nitrogens is 2. The molecule has 4 amide bonds. The average Bonchev–Trinajstić information content (AvgIpc) is 2.97. The van der Waals surface area contributed by atoms with Crippen LogP contribution in [0, 0.1) is 0 Å². The predicted molar refractivity (Wildman–Crippen MR) is 77.0 cm³/mol. The van der Waals surface area contributed by atoms with Crippen molar-refractivity contribution in [1.29, 1.82) is 0 Å². The predicted octanol–water partition coefficient (Wildman–Crippen LogP) is 0.932. The van der Waals surface area contributed by atoms with Crippen molar-refractivity contribution in [2.45, 2.75) is 32.6 Å². The number of urea groups is 1. The van der Waals surface area contributed by atoms with E-state index in [1.54, 1.807) is 0 Å². The maximum Gasteiger partial charge on any atom is 0.325 e. The van der Waals surface area contributed by atoms with Crippen LogP contribution in [0.4, 0.5) is 9.93 Å². The molecule has 8 nitrogen and oxygen atoms in total. The van der Waals surface area contributed by atoms with Gasteiger partial charge in [0.1, 0.15) is 18.1 Å². The molecule has 1 fully saturated rings. The van der Waals surface area contributed by atoms with Gasteiger partial charge in [-0.1, -0.05) is 31.6 Å². The largest absolute Gasteiger partial charge is 0.325 e. The SMILES string of the molecule is CCCC(C)c1nnc(NC(=O)CN2CC(=O)NC2=O)s1. The topological polar surface area (TPSA) is 104 Å². The van der Waals surface area contributed by atoms with Crippen LogP contribution in [0.3, 0.4) is 0 Å². The highest BCUT2D eigenvalue weighted by molar-refractivity contribution is 7.15. The Labute approximate surface area is 125 Å². The Morgan fingerprint density at radius 1 is 1.48 bits per heavy atom. The third kappa shape index (κ3) is 3.97. The molecule has 0 aromatic carbocycles. The van der Waals surface area contributed by atoms with E-state index in [1.807, 2.05) is 0 Å². The monoisotopic (exact) mass is 311 g/mol. The fraction of sp³-hybridized carbons (Fsp3) is 0.583. The molecule has 0 spiro atoms. The number of hydrogen-bond donors (Lipinski definition) is 2. The first-order valence-electron chi connectivity index (χ1n) is 6.71. The van der Waals surface area contributed by atoms with E-state index in [-0.39, 0.29) is 13.1 Å². The van der Waals surface area contributed by atoms with Crippen molar-refractivity contribution in [3.8, 4) is 0 Å². The Morgan fingerprint density at radius 3 is 2.86 bits per heavy atom. The Hall–Kier alpha value is -2.03. The molecule has 0 saturated carbocycles. The molecule has 2 N–H and O–H groups in total. The number of anilines is 1. The van der Waals surface area contributed by atoms with Crippen LogP contribution in [-0.4, -0.2) is 46.0 Å². The van der Waals surface area contributed by atoms with E-state index in [2.05, 4.69) is 34.7 Å². The first-order valence-corrected chi connectivity index (χ1v) is 7.53. The molecule has 1 aromatic rings. The molecule has 1 atom stereocenters. The number of amides is 4. The summed E-state index contributed by atoms with van der Waals surface area (Å²) in [6.45, 7) is 3.89. The molecule has 114 valence electrons. The zero-order valence-corrected chi connectivity index (χ0v) is 12.7. The molecule has 1 aromatic heterocycles. The van der Waals surface area contributed by atoms with Gasteiger partial charge in [0.25, 0.3) is 0 Å². The first-order chi connectivity index (χ1) is 9.99. The molecule has 2 rings (SSSR count). The van der Waals surface area contributed by atoms with Crippen LogP contribution in [0.25, 0.3) is 0 Å². The molecule has 1 saturated heterocycles. The quantitative estimate of drug-likeness (QED) is 0.761. The molecular weight excluding hydrogens is 294 g/mol. The minimum Gasteiger partial charge on any atom is -0.306 e. The van der Waals surface area contributed by atoms with E-state index in [4.69, 9.17) is 0 Å². The second-order valence-electron chi connectivity index (χ2n) is 4.89. The number of hydrogen-bond acceptors (Lipinski definition) is 6. The minimum atomic E-state index is -0.551. The summed E-state index contributed by atoms with van der Waals surface area (Å²) in [5.41, 5.74) is 0. The standard InChI is InChI=1S/C12H17N5O3S/c1-3-4-7(2)10-15-16-11(21-10)13-8(18)5-17-6-9(19)14-12(17)20/h7H,3-6H2,1-2H3,(H,13,16,18)(H,14,19,20). The number of carbonyl (C=O) groups excluding carboxylic acids is 3. The van der Waals surface area contributed by atoms with Crippen molar-refractivity contribution in [2.24, 2.45) is 0 Å². The molecule has 1 unspecified atom stereocenters. The van der Waals surface area contributed by atoms with Crippen LogP contribution >= 0.6 is 11.3 Å². The Bertz CT molecular complexity index is 559. The van der Waals surface area contributed by atoms with Crippen LogP contribution in [-0.2, 0) is 9.59 Å². The third-order valence-corrected chi connectivity index (χ3v) is 4.10. The summed E-state index contributed by atoms with van der Waals surface area (Å²) >= 11 is 1.33. The van der Waals surface area contributed by atoms with Gasteiger partial charge in [-0.05, 0) is 6.42 Å². The molecule has 0 bridgehead atoms. The number of rotatable bonds is 6. The maximum atomic E-state index is 11.8. The summed E-state index contributed by atoms with van der Waals surface area (Å²) in [6.07, 6.45) is 2.07. The minimum absolute atomic E-state index is 0.0961. The molecule has 0 aliphatic carbocycles. The van der Waals surface area contributed by atoms with Gasteiger partial charge in [0.15, 0.2) is 0 Å². The molecule has 0 radical (unpaired) electrons. The zero-order chi connectivity index (χ0) is 15.4. The van der Waals surface area contributed by atoms with Gasteiger partial charge in [0, 0.05) is 5.92 Å². The van der Waals surface area contributed by atoms with Crippen molar-refractivity contribution in [1.82, 2.24) is 20.4 Å². The van der Waals surface area contributed by atoms with Gasteiger partial charge >= 0.3 is 6.03 Å². The van der Waals surface area contributed by atoms with Gasteiger partial charge in [-0.3, -0.25) is 20.2 Å². The normalized spacial score (nSPS) is 16.0. The lowest BCUT2D eigenvalue weighted by Crippen LogP contribution is -2.35. The summed E-state index contributed by atoms with van der Waals surface area (Å²) in [6, 6.07) is -0.551. The Kier molecular flexibility index (Phi) is 4.84. The molecule has 2 heterocycles.